The zero-order chi connectivity index (χ0) is 12.6. The number of pyridine rings is 1. The molecule has 0 aliphatic carbocycles. The molecule has 0 saturated carbocycles. The van der Waals surface area contributed by atoms with E-state index in [0.29, 0.717) is 18.7 Å². The number of likely N-dealkylation sites (N-methyl/N-ethyl adjacent to an activating group) is 1. The lowest BCUT2D eigenvalue weighted by molar-refractivity contribution is 0.0645. The molecular weight excluding hydrogens is 224 g/mol. The van der Waals surface area contributed by atoms with Gasteiger partial charge in [0.05, 0.1) is 5.56 Å². The molecule has 0 atom stereocenters. The van der Waals surface area contributed by atoms with Crippen LogP contribution in [0.4, 0.5) is 0 Å². The van der Waals surface area contributed by atoms with E-state index in [0.717, 1.165) is 12.1 Å². The Bertz CT molecular complexity index is 498. The van der Waals surface area contributed by atoms with Crippen LogP contribution in [0, 0.1) is 0 Å². The van der Waals surface area contributed by atoms with Gasteiger partial charge in [0, 0.05) is 25.2 Å². The molecule has 0 unspecified atom stereocenters. The summed E-state index contributed by atoms with van der Waals surface area (Å²) in [5.41, 5.74) is 0.860. The van der Waals surface area contributed by atoms with Crippen molar-refractivity contribution in [2.24, 2.45) is 0 Å². The quantitative estimate of drug-likeness (QED) is 0.775. The van der Waals surface area contributed by atoms with Crippen molar-refractivity contribution in [2.75, 3.05) is 13.6 Å². The van der Waals surface area contributed by atoms with Crippen LogP contribution in [0.3, 0.4) is 0 Å². The summed E-state index contributed by atoms with van der Waals surface area (Å²) in [4.78, 5) is 27.9. The van der Waals surface area contributed by atoms with Crippen molar-refractivity contribution < 1.29 is 19.8 Å². The van der Waals surface area contributed by atoms with Gasteiger partial charge in [0.15, 0.2) is 5.69 Å². The lowest BCUT2D eigenvalue weighted by atomic mass is 10.0. The maximum absolute atomic E-state index is 11.0. The fourth-order valence-corrected chi connectivity index (χ4v) is 1.94. The van der Waals surface area contributed by atoms with E-state index in [2.05, 4.69) is 4.98 Å². The molecule has 0 radical (unpaired) electrons. The summed E-state index contributed by atoms with van der Waals surface area (Å²) in [6, 6.07) is 1.42. The van der Waals surface area contributed by atoms with E-state index < -0.39 is 11.9 Å². The maximum Gasteiger partial charge on any atom is 0.355 e. The van der Waals surface area contributed by atoms with Crippen LogP contribution in [0.15, 0.2) is 6.07 Å². The van der Waals surface area contributed by atoms with Crippen molar-refractivity contribution in [3.63, 3.8) is 0 Å². The maximum atomic E-state index is 11.0. The van der Waals surface area contributed by atoms with Gasteiger partial charge in [0.2, 0.25) is 0 Å². The largest absolute Gasteiger partial charge is 0.478 e. The molecule has 0 bridgehead atoms. The van der Waals surface area contributed by atoms with Crippen molar-refractivity contribution in [2.45, 2.75) is 13.0 Å². The second-order valence-electron chi connectivity index (χ2n) is 4.09. The molecule has 6 heteroatoms. The van der Waals surface area contributed by atoms with Gasteiger partial charge in [-0.15, -0.1) is 0 Å². The van der Waals surface area contributed by atoms with Gasteiger partial charge in [-0.05, 0) is 18.7 Å². The van der Waals surface area contributed by atoms with Gasteiger partial charge < -0.3 is 15.1 Å². The van der Waals surface area contributed by atoms with Crippen LogP contribution in [0.5, 0.6) is 0 Å². The number of rotatable bonds is 2. The Morgan fingerprint density at radius 3 is 2.65 bits per heavy atom. The van der Waals surface area contributed by atoms with Crippen molar-refractivity contribution in [3.05, 3.63) is 28.6 Å². The number of carbonyl (C=O) groups is 2. The summed E-state index contributed by atoms with van der Waals surface area (Å²) in [6.07, 6.45) is 0.645. The minimum absolute atomic E-state index is 0.244. The van der Waals surface area contributed by atoms with Gasteiger partial charge in [0.25, 0.3) is 0 Å². The molecule has 0 saturated heterocycles. The fourth-order valence-electron chi connectivity index (χ4n) is 1.94. The number of nitrogens with zero attached hydrogens (tertiary/aromatic N) is 2. The highest BCUT2D eigenvalue weighted by molar-refractivity contribution is 6.00. The monoisotopic (exact) mass is 236 g/mol. The number of aromatic nitrogens is 1. The van der Waals surface area contributed by atoms with Crippen LogP contribution < -0.4 is 0 Å². The van der Waals surface area contributed by atoms with Crippen LogP contribution in [-0.2, 0) is 13.0 Å². The van der Waals surface area contributed by atoms with E-state index in [4.69, 9.17) is 10.2 Å². The van der Waals surface area contributed by atoms with Crippen LogP contribution in [0.2, 0.25) is 0 Å². The van der Waals surface area contributed by atoms with Gasteiger partial charge in [-0.1, -0.05) is 0 Å². The highest BCUT2D eigenvalue weighted by Crippen LogP contribution is 2.20. The van der Waals surface area contributed by atoms with Crippen LogP contribution >= 0.6 is 0 Å². The summed E-state index contributed by atoms with van der Waals surface area (Å²) in [6.45, 7) is 1.40. The molecule has 1 aromatic heterocycles. The van der Waals surface area contributed by atoms with Gasteiger partial charge in [-0.25, -0.2) is 14.6 Å². The predicted octanol–water partition coefficient (Wildman–Crippen LogP) is 0.466. The third-order valence-electron chi connectivity index (χ3n) is 2.79. The lowest BCUT2D eigenvalue weighted by Crippen LogP contribution is -2.28. The van der Waals surface area contributed by atoms with Crippen molar-refractivity contribution in [1.82, 2.24) is 9.88 Å². The molecule has 0 amide bonds. The van der Waals surface area contributed by atoms with Gasteiger partial charge in [-0.2, -0.15) is 0 Å². The molecule has 1 aromatic rings. The van der Waals surface area contributed by atoms with Gasteiger partial charge in [0.1, 0.15) is 0 Å². The third kappa shape index (κ3) is 2.12. The topological polar surface area (TPSA) is 90.7 Å². The molecule has 6 nitrogen and oxygen atoms in total. The standard InChI is InChI=1S/C11H12N2O4/c1-13-3-2-8-6(5-13)4-7(10(14)15)9(12-8)11(16)17/h4H,2-3,5H2,1H3,(H,14,15)(H,16,17). The van der Waals surface area contributed by atoms with E-state index >= 15 is 0 Å². The molecule has 0 fully saturated rings. The van der Waals surface area contributed by atoms with E-state index in [-0.39, 0.29) is 11.3 Å². The predicted molar refractivity (Wildman–Crippen MR) is 58.2 cm³/mol. The molecular formula is C11H12N2O4. The lowest BCUT2D eigenvalue weighted by Gasteiger charge is -2.24. The molecule has 17 heavy (non-hydrogen) atoms. The normalized spacial score (nSPS) is 15.4. The minimum atomic E-state index is -1.30. The van der Waals surface area contributed by atoms with Crippen molar-refractivity contribution in [1.29, 1.82) is 0 Å². The van der Waals surface area contributed by atoms with Crippen molar-refractivity contribution >= 4 is 11.9 Å². The zero-order valence-electron chi connectivity index (χ0n) is 9.30. The first-order chi connectivity index (χ1) is 7.99. The number of fused-ring (bicyclic) bond motifs is 1. The number of carboxylic acid groups (broad SMARTS) is 2. The Hall–Kier alpha value is -1.95. The van der Waals surface area contributed by atoms with Crippen LogP contribution in [0.1, 0.15) is 32.1 Å². The molecule has 0 spiro atoms. The summed E-state index contributed by atoms with van der Waals surface area (Å²) in [7, 11) is 1.93. The average Bonchev–Trinajstić information content (AvgIpc) is 2.26. The Morgan fingerprint density at radius 2 is 2.06 bits per heavy atom. The van der Waals surface area contributed by atoms with Gasteiger partial charge >= 0.3 is 11.9 Å². The molecule has 90 valence electrons. The Kier molecular flexibility index (Phi) is 2.81. The Labute approximate surface area is 97.5 Å². The summed E-state index contributed by atoms with van der Waals surface area (Å²) < 4.78 is 0. The van der Waals surface area contributed by atoms with Gasteiger partial charge in [-0.3, -0.25) is 0 Å². The molecule has 1 aliphatic rings. The van der Waals surface area contributed by atoms with Crippen LogP contribution in [0.25, 0.3) is 0 Å². The summed E-state index contributed by atoms with van der Waals surface area (Å²) in [5, 5.41) is 17.9. The Balaban J connectivity index is 2.56. The smallest absolute Gasteiger partial charge is 0.355 e. The molecule has 0 aromatic carbocycles. The summed E-state index contributed by atoms with van der Waals surface area (Å²) >= 11 is 0. The van der Waals surface area contributed by atoms with E-state index in [1.807, 2.05) is 11.9 Å². The summed E-state index contributed by atoms with van der Waals surface area (Å²) in [5.74, 6) is -2.56. The molecule has 1 aliphatic heterocycles. The zero-order valence-corrected chi connectivity index (χ0v) is 9.30. The number of carboxylic acids is 2. The first-order valence-electron chi connectivity index (χ1n) is 5.17. The average molecular weight is 236 g/mol. The first kappa shape index (κ1) is 11.5. The molecule has 2 heterocycles. The highest BCUT2D eigenvalue weighted by atomic mass is 16.4. The second kappa shape index (κ2) is 4.14. The third-order valence-corrected chi connectivity index (χ3v) is 2.79. The van der Waals surface area contributed by atoms with Crippen LogP contribution in [-0.4, -0.2) is 45.6 Å². The number of hydrogen-bond acceptors (Lipinski definition) is 4. The van der Waals surface area contributed by atoms with E-state index in [9.17, 15) is 9.59 Å². The second-order valence-corrected chi connectivity index (χ2v) is 4.09. The highest BCUT2D eigenvalue weighted by Gasteiger charge is 2.23. The fraction of sp³-hybridized carbons (Fsp3) is 0.364. The number of aromatic carboxylic acids is 2. The molecule has 2 N–H and O–H groups in total. The SMILES string of the molecule is CN1CCc2nc(C(=O)O)c(C(=O)O)cc2C1. The van der Waals surface area contributed by atoms with E-state index in [1.54, 1.807) is 0 Å². The Morgan fingerprint density at radius 1 is 1.35 bits per heavy atom. The number of hydrogen-bond donors (Lipinski definition) is 2. The van der Waals surface area contributed by atoms with Crippen molar-refractivity contribution in [3.8, 4) is 0 Å². The first-order valence-corrected chi connectivity index (χ1v) is 5.17. The minimum Gasteiger partial charge on any atom is -0.478 e. The van der Waals surface area contributed by atoms with E-state index in [1.165, 1.54) is 6.07 Å². The molecule has 2 rings (SSSR count).